The number of hydrogen-bond donors (Lipinski definition) is 3. The molecule has 7 heteroatoms. The monoisotopic (exact) mass is 444 g/mol. The van der Waals surface area contributed by atoms with E-state index in [2.05, 4.69) is 15.6 Å². The van der Waals surface area contributed by atoms with E-state index in [0.29, 0.717) is 41.2 Å². The number of nitrogens with one attached hydrogen (secondary N) is 2. The highest BCUT2D eigenvalue weighted by Gasteiger charge is 2.16. The summed E-state index contributed by atoms with van der Waals surface area (Å²) in [5, 5.41) is 5.54. The molecule has 0 unspecified atom stereocenters. The van der Waals surface area contributed by atoms with Gasteiger partial charge in [-0.25, -0.2) is 4.98 Å². The van der Waals surface area contributed by atoms with Crippen LogP contribution in [0.25, 0.3) is 0 Å². The van der Waals surface area contributed by atoms with Crippen molar-refractivity contribution in [1.82, 2.24) is 4.98 Å². The van der Waals surface area contributed by atoms with Crippen LogP contribution in [0.4, 0.5) is 11.5 Å². The van der Waals surface area contributed by atoms with Crippen LogP contribution in [0.5, 0.6) is 0 Å². The molecule has 3 rings (SSSR count). The van der Waals surface area contributed by atoms with E-state index in [0.717, 1.165) is 24.8 Å². The van der Waals surface area contributed by atoms with Gasteiger partial charge in [-0.1, -0.05) is 36.2 Å². The van der Waals surface area contributed by atoms with Gasteiger partial charge in [-0.3, -0.25) is 14.4 Å². The van der Waals surface area contributed by atoms with Gasteiger partial charge in [0.25, 0.3) is 11.8 Å². The normalized spacial score (nSPS) is 10.5. The molecule has 0 spiro atoms. The number of anilines is 2. The summed E-state index contributed by atoms with van der Waals surface area (Å²) in [6, 6.07) is 17.0. The highest BCUT2D eigenvalue weighted by Crippen LogP contribution is 2.20. The van der Waals surface area contributed by atoms with E-state index in [-0.39, 0.29) is 17.6 Å². The van der Waals surface area contributed by atoms with Gasteiger partial charge in [0, 0.05) is 23.7 Å². The molecule has 0 aliphatic heterocycles. The van der Waals surface area contributed by atoms with Gasteiger partial charge in [0.05, 0.1) is 11.3 Å². The molecule has 0 fully saturated rings. The van der Waals surface area contributed by atoms with Gasteiger partial charge < -0.3 is 16.4 Å². The van der Waals surface area contributed by atoms with Crippen molar-refractivity contribution < 1.29 is 14.4 Å². The van der Waals surface area contributed by atoms with Gasteiger partial charge in [0.2, 0.25) is 0 Å². The maximum atomic E-state index is 12.8. The lowest BCUT2D eigenvalue weighted by molar-refractivity contribution is 0.0975. The minimum absolute atomic E-state index is 0.0472. The van der Waals surface area contributed by atoms with Crippen molar-refractivity contribution >= 4 is 29.1 Å². The van der Waals surface area contributed by atoms with Crippen molar-refractivity contribution in [3.63, 3.8) is 0 Å². The Labute approximate surface area is 193 Å². The first kappa shape index (κ1) is 23.8. The van der Waals surface area contributed by atoms with Crippen molar-refractivity contribution in [1.29, 1.82) is 0 Å². The number of amides is 2. The van der Waals surface area contributed by atoms with Crippen LogP contribution in [-0.2, 0) is 0 Å². The highest BCUT2D eigenvalue weighted by atomic mass is 16.2. The van der Waals surface area contributed by atoms with Crippen LogP contribution in [0, 0.1) is 6.92 Å². The quantitative estimate of drug-likeness (QED) is 0.312. The maximum absolute atomic E-state index is 12.8. The molecule has 0 radical (unpaired) electrons. The highest BCUT2D eigenvalue weighted by molar-refractivity contribution is 6.12. The number of nitrogens with two attached hydrogens (primary N) is 1. The number of rotatable bonds is 10. The molecule has 4 N–H and O–H groups in total. The predicted octanol–water partition coefficient (Wildman–Crippen LogP) is 4.60. The predicted molar refractivity (Wildman–Crippen MR) is 130 cm³/mol. The molecule has 0 aliphatic carbocycles. The summed E-state index contributed by atoms with van der Waals surface area (Å²) in [6.45, 7) is 2.50. The zero-order valence-corrected chi connectivity index (χ0v) is 18.6. The summed E-state index contributed by atoms with van der Waals surface area (Å²) in [5.41, 5.74) is 8.05. The number of aryl methyl sites for hydroxylation is 1. The summed E-state index contributed by atoms with van der Waals surface area (Å²) in [5.74, 6) is -0.272. The molecule has 0 saturated heterocycles. The number of Topliss-reactive ketones (excluding diaryl/α,β-unsaturated/α-hetero) is 1. The van der Waals surface area contributed by atoms with Crippen molar-refractivity contribution in [2.75, 3.05) is 17.2 Å². The molecule has 0 atom stereocenters. The number of aromatic nitrogens is 1. The molecule has 0 saturated carbocycles. The summed E-state index contributed by atoms with van der Waals surface area (Å²) >= 11 is 0. The number of ketones is 1. The molecule has 0 aliphatic rings. The lowest BCUT2D eigenvalue weighted by Crippen LogP contribution is -2.19. The maximum Gasteiger partial charge on any atom is 0.258 e. The Balaban J connectivity index is 1.68. The Kier molecular flexibility index (Phi) is 8.43. The van der Waals surface area contributed by atoms with Crippen LogP contribution >= 0.6 is 0 Å². The fraction of sp³-hybridized carbons (Fsp3) is 0.231. The molecular formula is C26H28N4O3. The minimum Gasteiger partial charge on any atom is -0.330 e. The van der Waals surface area contributed by atoms with Crippen molar-refractivity contribution in [2.24, 2.45) is 5.73 Å². The molecule has 170 valence electrons. The number of carbonyl (C=O) groups is 3. The molecule has 2 amide bonds. The zero-order chi connectivity index (χ0) is 23.6. The number of unbranched alkanes of at least 4 members (excludes halogenated alkanes) is 2. The van der Waals surface area contributed by atoms with Crippen LogP contribution in [-0.4, -0.2) is 29.1 Å². The van der Waals surface area contributed by atoms with E-state index in [9.17, 15) is 14.4 Å². The van der Waals surface area contributed by atoms with Gasteiger partial charge in [0.1, 0.15) is 5.82 Å². The van der Waals surface area contributed by atoms with Gasteiger partial charge in [-0.2, -0.15) is 0 Å². The SMILES string of the molecule is Cc1ccc(NC(=O)c2ccc(C(=O)CCCCCN)cc2)c(C(=O)Nc2ccccn2)c1. The van der Waals surface area contributed by atoms with Crippen molar-refractivity contribution in [3.05, 3.63) is 89.1 Å². The first-order valence-corrected chi connectivity index (χ1v) is 11.0. The number of hydrogen-bond acceptors (Lipinski definition) is 5. The van der Waals surface area contributed by atoms with Crippen molar-refractivity contribution in [2.45, 2.75) is 32.6 Å². The van der Waals surface area contributed by atoms with Crippen molar-refractivity contribution in [3.8, 4) is 0 Å². The topological polar surface area (TPSA) is 114 Å². The molecule has 7 nitrogen and oxygen atoms in total. The second kappa shape index (κ2) is 11.7. The second-order valence-corrected chi connectivity index (χ2v) is 7.77. The Hall–Kier alpha value is -3.84. The van der Waals surface area contributed by atoms with E-state index < -0.39 is 0 Å². The van der Waals surface area contributed by atoms with E-state index in [1.165, 1.54) is 0 Å². The number of benzene rings is 2. The van der Waals surface area contributed by atoms with E-state index in [1.54, 1.807) is 60.8 Å². The lowest BCUT2D eigenvalue weighted by Gasteiger charge is -2.12. The Morgan fingerprint density at radius 2 is 1.61 bits per heavy atom. The smallest absolute Gasteiger partial charge is 0.258 e. The minimum atomic E-state index is -0.372. The van der Waals surface area contributed by atoms with Gasteiger partial charge >= 0.3 is 0 Å². The van der Waals surface area contributed by atoms with Crippen LogP contribution in [0.1, 0.15) is 62.3 Å². The summed E-state index contributed by atoms with van der Waals surface area (Å²) in [7, 11) is 0. The third kappa shape index (κ3) is 6.82. The van der Waals surface area contributed by atoms with Crippen LogP contribution < -0.4 is 16.4 Å². The molecule has 3 aromatic rings. The average molecular weight is 445 g/mol. The summed E-state index contributed by atoms with van der Waals surface area (Å²) in [4.78, 5) is 42.0. The van der Waals surface area contributed by atoms with Crippen LogP contribution in [0.15, 0.2) is 66.9 Å². The summed E-state index contributed by atoms with van der Waals surface area (Å²) < 4.78 is 0. The van der Waals surface area contributed by atoms with Crippen LogP contribution in [0.2, 0.25) is 0 Å². The number of carbonyl (C=O) groups excluding carboxylic acids is 3. The second-order valence-electron chi connectivity index (χ2n) is 7.77. The van der Waals surface area contributed by atoms with E-state index in [4.69, 9.17) is 5.73 Å². The largest absolute Gasteiger partial charge is 0.330 e. The standard InChI is InChI=1S/C26H28N4O3/c1-18-9-14-22(21(17-18)26(33)30-24-8-4-6-16-28-24)29-25(32)20-12-10-19(11-13-20)23(31)7-3-2-5-15-27/h4,6,8-14,16-17H,2-3,5,7,15,27H2,1H3,(H,29,32)(H,28,30,33). The van der Waals surface area contributed by atoms with Gasteiger partial charge in [-0.05, 0) is 62.7 Å². The Bertz CT molecular complexity index is 1110. The van der Waals surface area contributed by atoms with Gasteiger partial charge in [0.15, 0.2) is 5.78 Å². The van der Waals surface area contributed by atoms with E-state index in [1.807, 2.05) is 13.0 Å². The average Bonchev–Trinajstić information content (AvgIpc) is 2.83. The molecule has 2 aromatic carbocycles. The Morgan fingerprint density at radius 3 is 2.30 bits per heavy atom. The van der Waals surface area contributed by atoms with E-state index >= 15 is 0 Å². The number of nitrogens with zero attached hydrogens (tertiary/aromatic N) is 1. The molecular weight excluding hydrogens is 416 g/mol. The molecule has 33 heavy (non-hydrogen) atoms. The fourth-order valence-electron chi connectivity index (χ4n) is 3.33. The zero-order valence-electron chi connectivity index (χ0n) is 18.6. The fourth-order valence-corrected chi connectivity index (χ4v) is 3.33. The molecule has 1 aromatic heterocycles. The van der Waals surface area contributed by atoms with Crippen LogP contribution in [0.3, 0.4) is 0 Å². The number of pyridine rings is 1. The molecule has 0 bridgehead atoms. The molecule has 1 heterocycles. The third-order valence-electron chi connectivity index (χ3n) is 5.15. The first-order valence-electron chi connectivity index (χ1n) is 11.0. The van der Waals surface area contributed by atoms with Gasteiger partial charge in [-0.15, -0.1) is 0 Å². The lowest BCUT2D eigenvalue weighted by atomic mass is 10.0. The Morgan fingerprint density at radius 1 is 0.848 bits per heavy atom. The first-order chi connectivity index (χ1) is 16.0. The summed E-state index contributed by atoms with van der Waals surface area (Å²) in [6.07, 6.45) is 4.69. The third-order valence-corrected chi connectivity index (χ3v) is 5.15.